The molecule has 0 aliphatic carbocycles. The average molecular weight is 321 g/mol. The van der Waals surface area contributed by atoms with E-state index in [1.54, 1.807) is 6.07 Å². The Labute approximate surface area is 140 Å². The van der Waals surface area contributed by atoms with Crippen LogP contribution in [0.1, 0.15) is 35.3 Å². The summed E-state index contributed by atoms with van der Waals surface area (Å²) in [6, 6.07) is 13.3. The van der Waals surface area contributed by atoms with E-state index in [2.05, 4.69) is 19.2 Å². The second kappa shape index (κ2) is 5.20. The Morgan fingerprint density at radius 3 is 2.67 bits per heavy atom. The van der Waals surface area contributed by atoms with Crippen LogP contribution in [0, 0.1) is 0 Å². The summed E-state index contributed by atoms with van der Waals surface area (Å²) in [5, 5.41) is 3.39. The fourth-order valence-corrected chi connectivity index (χ4v) is 3.49. The zero-order valence-electron chi connectivity index (χ0n) is 13.8. The summed E-state index contributed by atoms with van der Waals surface area (Å²) in [6.07, 6.45) is 0.531. The summed E-state index contributed by atoms with van der Waals surface area (Å²) in [5.74, 6) is -0.395. The predicted molar refractivity (Wildman–Crippen MR) is 91.7 cm³/mol. The molecule has 122 valence electrons. The van der Waals surface area contributed by atoms with Crippen molar-refractivity contribution in [3.8, 4) is 5.75 Å². The number of Topliss-reactive ketones (excluding diaryl/α,β-unsaturated/α-hetero) is 2. The number of ketones is 2. The Morgan fingerprint density at radius 1 is 1.17 bits per heavy atom. The minimum absolute atomic E-state index is 0.0528. The van der Waals surface area contributed by atoms with Crippen LogP contribution in [0.5, 0.6) is 5.75 Å². The summed E-state index contributed by atoms with van der Waals surface area (Å²) in [7, 11) is 0. The van der Waals surface area contributed by atoms with E-state index < -0.39 is 17.7 Å². The van der Waals surface area contributed by atoms with Gasteiger partial charge in [0, 0.05) is 17.6 Å². The van der Waals surface area contributed by atoms with Crippen molar-refractivity contribution in [2.75, 3.05) is 5.32 Å². The lowest BCUT2D eigenvalue weighted by Crippen LogP contribution is -2.39. The van der Waals surface area contributed by atoms with Gasteiger partial charge in [0.25, 0.3) is 0 Å². The minimum Gasteiger partial charge on any atom is -0.481 e. The molecule has 0 fully saturated rings. The summed E-state index contributed by atoms with van der Waals surface area (Å²) < 4.78 is 5.91. The molecule has 0 radical (unpaired) electrons. The molecule has 0 spiro atoms. The van der Waals surface area contributed by atoms with Crippen LogP contribution in [-0.2, 0) is 17.6 Å². The lowest BCUT2D eigenvalue weighted by atomic mass is 9.93. The number of nitrogens with one attached hydrogen (secondary N) is 1. The summed E-state index contributed by atoms with van der Waals surface area (Å²) in [5.41, 5.74) is 3.34. The largest absolute Gasteiger partial charge is 0.481 e. The molecule has 4 heteroatoms. The highest BCUT2D eigenvalue weighted by atomic mass is 16.5. The van der Waals surface area contributed by atoms with Gasteiger partial charge in [0.1, 0.15) is 5.75 Å². The molecule has 1 N–H and O–H groups in total. The summed E-state index contributed by atoms with van der Waals surface area (Å²) >= 11 is 0. The number of hydrogen-bond acceptors (Lipinski definition) is 4. The Morgan fingerprint density at radius 2 is 1.92 bits per heavy atom. The molecule has 0 saturated heterocycles. The van der Waals surface area contributed by atoms with Crippen LogP contribution in [-0.4, -0.2) is 23.2 Å². The Hall–Kier alpha value is -2.62. The van der Waals surface area contributed by atoms with Crippen molar-refractivity contribution in [1.82, 2.24) is 0 Å². The van der Waals surface area contributed by atoms with Crippen molar-refractivity contribution in [1.29, 1.82) is 0 Å². The van der Waals surface area contributed by atoms with E-state index in [1.807, 2.05) is 36.4 Å². The van der Waals surface area contributed by atoms with Crippen LogP contribution < -0.4 is 10.1 Å². The molecular formula is C20H19NO3. The van der Waals surface area contributed by atoms with Crippen molar-refractivity contribution >= 4 is 17.3 Å². The molecule has 1 unspecified atom stereocenters. The van der Waals surface area contributed by atoms with Crippen molar-refractivity contribution in [3.05, 3.63) is 59.2 Å². The quantitative estimate of drug-likeness (QED) is 0.863. The number of benzene rings is 2. The maximum atomic E-state index is 12.5. The van der Waals surface area contributed by atoms with E-state index in [0.29, 0.717) is 17.7 Å². The fourth-order valence-electron chi connectivity index (χ4n) is 3.49. The first-order chi connectivity index (χ1) is 11.4. The second-order valence-corrected chi connectivity index (χ2v) is 7.18. The van der Waals surface area contributed by atoms with Gasteiger partial charge in [0.05, 0.1) is 5.56 Å². The Kier molecular flexibility index (Phi) is 3.23. The molecule has 0 aromatic heterocycles. The third kappa shape index (κ3) is 2.48. The van der Waals surface area contributed by atoms with Crippen molar-refractivity contribution < 1.29 is 14.3 Å². The van der Waals surface area contributed by atoms with Gasteiger partial charge in [-0.15, -0.1) is 0 Å². The molecule has 2 aromatic carbocycles. The predicted octanol–water partition coefficient (Wildman–Crippen LogP) is 3.19. The lowest BCUT2D eigenvalue weighted by molar-refractivity contribution is -0.122. The van der Waals surface area contributed by atoms with Crippen molar-refractivity contribution in [3.63, 3.8) is 0 Å². The molecule has 2 aliphatic rings. The molecule has 1 atom stereocenters. The van der Waals surface area contributed by atoms with Crippen LogP contribution in [0.25, 0.3) is 0 Å². The van der Waals surface area contributed by atoms with Crippen molar-refractivity contribution in [2.24, 2.45) is 0 Å². The van der Waals surface area contributed by atoms with Crippen LogP contribution in [0.15, 0.2) is 42.5 Å². The van der Waals surface area contributed by atoms with Gasteiger partial charge in [0.2, 0.25) is 11.6 Å². The number of carbonyl (C=O) groups excluding carboxylic acids is 2. The zero-order valence-corrected chi connectivity index (χ0v) is 13.8. The first kappa shape index (κ1) is 14.9. The third-order valence-corrected chi connectivity index (χ3v) is 4.60. The molecule has 4 nitrogen and oxygen atoms in total. The molecule has 2 aliphatic heterocycles. The Bertz CT molecular complexity index is 839. The monoisotopic (exact) mass is 321 g/mol. The Balaban J connectivity index is 1.67. The van der Waals surface area contributed by atoms with E-state index in [4.69, 9.17) is 4.74 Å². The highest BCUT2D eigenvalue weighted by molar-refractivity contribution is 6.46. The van der Waals surface area contributed by atoms with Gasteiger partial charge in [-0.3, -0.25) is 9.59 Å². The van der Waals surface area contributed by atoms with Gasteiger partial charge in [-0.2, -0.15) is 0 Å². The fraction of sp³-hybridized carbons (Fsp3) is 0.300. The van der Waals surface area contributed by atoms with E-state index in [-0.39, 0.29) is 5.54 Å². The smallest absolute Gasteiger partial charge is 0.244 e. The van der Waals surface area contributed by atoms with Crippen LogP contribution in [0.4, 0.5) is 5.69 Å². The van der Waals surface area contributed by atoms with Crippen LogP contribution >= 0.6 is 0 Å². The van der Waals surface area contributed by atoms with Gasteiger partial charge in [-0.05, 0) is 43.5 Å². The molecule has 0 amide bonds. The molecule has 0 bridgehead atoms. The molecular weight excluding hydrogens is 302 g/mol. The molecule has 0 saturated carbocycles. The van der Waals surface area contributed by atoms with Crippen LogP contribution in [0.2, 0.25) is 0 Å². The maximum absolute atomic E-state index is 12.5. The third-order valence-electron chi connectivity index (χ3n) is 4.60. The van der Waals surface area contributed by atoms with Crippen LogP contribution in [0.3, 0.4) is 0 Å². The first-order valence-electron chi connectivity index (χ1n) is 8.17. The number of fused-ring (bicyclic) bond motifs is 2. The highest BCUT2D eigenvalue weighted by Crippen LogP contribution is 2.39. The van der Waals surface area contributed by atoms with Gasteiger partial charge in [0.15, 0.2) is 6.10 Å². The van der Waals surface area contributed by atoms with E-state index in [9.17, 15) is 9.59 Å². The summed E-state index contributed by atoms with van der Waals surface area (Å²) in [4.78, 5) is 24.9. The molecule has 4 rings (SSSR count). The minimum atomic E-state index is -0.743. The lowest BCUT2D eigenvalue weighted by Gasteiger charge is -2.24. The number of ether oxygens (including phenoxy) is 1. The van der Waals surface area contributed by atoms with Gasteiger partial charge >= 0.3 is 0 Å². The number of carbonyl (C=O) groups is 2. The maximum Gasteiger partial charge on any atom is 0.244 e. The highest BCUT2D eigenvalue weighted by Gasteiger charge is 2.38. The molecule has 2 aromatic rings. The number of hydrogen-bond donors (Lipinski definition) is 1. The molecule has 2 heterocycles. The number of rotatable bonds is 2. The number of anilines is 1. The zero-order chi connectivity index (χ0) is 16.9. The topological polar surface area (TPSA) is 55.4 Å². The standard InChI is InChI=1S/C20H19NO3/c1-20(2)11-13-9-16-14(10-15(13)21-20)18(22)19(23)17(24-16)8-12-6-4-3-5-7-12/h3-7,9-10,17,21H,8,11H2,1-2H3. The second-order valence-electron chi connectivity index (χ2n) is 7.18. The SMILES string of the molecule is CC1(C)Cc2cc3c(cc2N1)C(=O)C(=O)C(Cc1ccccc1)O3. The van der Waals surface area contributed by atoms with Gasteiger partial charge in [-0.25, -0.2) is 0 Å². The normalized spacial score (nSPS) is 20.8. The van der Waals surface area contributed by atoms with E-state index in [0.717, 1.165) is 23.2 Å². The van der Waals surface area contributed by atoms with Crippen molar-refractivity contribution in [2.45, 2.75) is 38.3 Å². The first-order valence-corrected chi connectivity index (χ1v) is 8.17. The summed E-state index contributed by atoms with van der Waals surface area (Å²) in [6.45, 7) is 4.22. The average Bonchev–Trinajstić information content (AvgIpc) is 2.85. The van der Waals surface area contributed by atoms with Gasteiger partial charge in [-0.1, -0.05) is 30.3 Å². The van der Waals surface area contributed by atoms with Gasteiger partial charge < -0.3 is 10.1 Å². The van der Waals surface area contributed by atoms with E-state index >= 15 is 0 Å². The molecule has 24 heavy (non-hydrogen) atoms. The van der Waals surface area contributed by atoms with E-state index in [1.165, 1.54) is 0 Å².